The highest BCUT2D eigenvalue weighted by Gasteiger charge is 2.38. The second-order valence-electron chi connectivity index (χ2n) is 3.82. The monoisotopic (exact) mass is 285 g/mol. The lowest BCUT2D eigenvalue weighted by Gasteiger charge is -2.19. The molecule has 7 nitrogen and oxygen atoms in total. The number of carbonyl (C=O) groups is 2. The van der Waals surface area contributed by atoms with Crippen LogP contribution in [0.3, 0.4) is 0 Å². The summed E-state index contributed by atoms with van der Waals surface area (Å²) in [6, 6.07) is 8.37. The molecule has 1 aliphatic heterocycles. The van der Waals surface area contributed by atoms with Crippen molar-refractivity contribution >= 4 is 20.3 Å². The van der Waals surface area contributed by atoms with Crippen molar-refractivity contribution in [1.29, 1.82) is 0 Å². The second kappa shape index (κ2) is 5.97. The number of rotatable bonds is 4. The Morgan fingerprint density at radius 2 is 2.16 bits per heavy atom. The summed E-state index contributed by atoms with van der Waals surface area (Å²) in [5, 5.41) is 0. The Kier molecular flexibility index (Phi) is 4.31. The number of hydrogen-bond donors (Lipinski definition) is 1. The van der Waals surface area contributed by atoms with Crippen molar-refractivity contribution in [3.63, 3.8) is 0 Å². The third-order valence-electron chi connectivity index (χ3n) is 2.65. The molecule has 102 valence electrons. The van der Waals surface area contributed by atoms with Crippen LogP contribution in [0.15, 0.2) is 30.3 Å². The second-order valence-corrected chi connectivity index (χ2v) is 4.64. The van der Waals surface area contributed by atoms with Gasteiger partial charge in [0.25, 0.3) is 5.91 Å². The average Bonchev–Trinajstić information content (AvgIpc) is 2.79. The van der Waals surface area contributed by atoms with Gasteiger partial charge in [-0.3, -0.25) is 9.36 Å². The number of carbonyl (C=O) groups excluding carboxylic acids is 2. The Morgan fingerprint density at radius 1 is 1.47 bits per heavy atom. The summed E-state index contributed by atoms with van der Waals surface area (Å²) in [5.41, 5.74) is 0.748. The van der Waals surface area contributed by atoms with E-state index in [0.29, 0.717) is 0 Å². The van der Waals surface area contributed by atoms with Gasteiger partial charge in [-0.1, -0.05) is 30.3 Å². The first kappa shape index (κ1) is 13.7. The van der Waals surface area contributed by atoms with Crippen LogP contribution in [0.2, 0.25) is 0 Å². The molecule has 0 radical (unpaired) electrons. The van der Waals surface area contributed by atoms with Crippen LogP contribution in [0, 0.1) is 0 Å². The minimum atomic E-state index is -3.21. The fraction of sp³-hybridized carbons (Fsp3) is 0.273. The fourth-order valence-electron chi connectivity index (χ4n) is 1.81. The summed E-state index contributed by atoms with van der Waals surface area (Å²) in [6.45, 7) is -0.574. The van der Waals surface area contributed by atoms with Crippen molar-refractivity contribution in [2.24, 2.45) is 0 Å². The van der Waals surface area contributed by atoms with Crippen LogP contribution in [-0.4, -0.2) is 35.0 Å². The largest absolute Gasteiger partial charge is 0.446 e. The maximum atomic E-state index is 11.8. The van der Waals surface area contributed by atoms with Crippen molar-refractivity contribution < 1.29 is 28.3 Å². The molecular formula is C11H12NO6P. The smallest absolute Gasteiger partial charge is 0.417 e. The molecule has 1 heterocycles. The molecule has 1 aromatic carbocycles. The molecule has 2 atom stereocenters. The third kappa shape index (κ3) is 3.20. The van der Waals surface area contributed by atoms with Crippen LogP contribution in [0.4, 0.5) is 4.79 Å². The van der Waals surface area contributed by atoms with Gasteiger partial charge in [0.2, 0.25) is 0 Å². The molecule has 2 amide bonds. The number of imide groups is 1. The van der Waals surface area contributed by atoms with E-state index in [9.17, 15) is 14.2 Å². The number of amides is 2. The predicted molar refractivity (Wildman–Crippen MR) is 64.5 cm³/mol. The lowest BCUT2D eigenvalue weighted by Crippen LogP contribution is -2.36. The zero-order chi connectivity index (χ0) is 13.8. The van der Waals surface area contributed by atoms with Gasteiger partial charge in [-0.2, -0.15) is 0 Å². The van der Waals surface area contributed by atoms with Gasteiger partial charge in [0.05, 0.1) is 0 Å². The maximum absolute atomic E-state index is 11.8. The molecule has 1 N–H and O–H groups in total. The summed E-state index contributed by atoms with van der Waals surface area (Å²) < 4.78 is 19.6. The highest BCUT2D eigenvalue weighted by molar-refractivity contribution is 7.32. The first-order valence-corrected chi connectivity index (χ1v) is 6.75. The number of cyclic esters (lactones) is 1. The molecule has 1 unspecified atom stereocenters. The molecule has 0 spiro atoms. The number of nitrogens with zero attached hydrogens (tertiary/aromatic N) is 1. The topological polar surface area (TPSA) is 93.1 Å². The summed E-state index contributed by atoms with van der Waals surface area (Å²) in [5.74, 6) is -0.705. The molecular weight excluding hydrogens is 273 g/mol. The van der Waals surface area contributed by atoms with Gasteiger partial charge < -0.3 is 14.2 Å². The van der Waals surface area contributed by atoms with Crippen LogP contribution in [-0.2, 0) is 18.6 Å². The van der Waals surface area contributed by atoms with Crippen molar-refractivity contribution in [3.05, 3.63) is 35.9 Å². The zero-order valence-electron chi connectivity index (χ0n) is 9.81. The Bertz CT molecular complexity index is 505. The van der Waals surface area contributed by atoms with E-state index in [-0.39, 0.29) is 6.61 Å². The molecule has 0 aliphatic carbocycles. The SMILES string of the molecule is O=C(CO[PH](=O)O)N1C(=O)OC[C@H]1c1ccccc1. The average molecular weight is 285 g/mol. The van der Waals surface area contributed by atoms with Gasteiger partial charge in [-0.15, -0.1) is 0 Å². The van der Waals surface area contributed by atoms with Gasteiger partial charge in [0.15, 0.2) is 0 Å². The molecule has 19 heavy (non-hydrogen) atoms. The van der Waals surface area contributed by atoms with Crippen LogP contribution < -0.4 is 0 Å². The van der Waals surface area contributed by atoms with Crippen LogP contribution in [0.25, 0.3) is 0 Å². The van der Waals surface area contributed by atoms with Crippen molar-refractivity contribution in [2.75, 3.05) is 13.2 Å². The Morgan fingerprint density at radius 3 is 2.79 bits per heavy atom. The van der Waals surface area contributed by atoms with Gasteiger partial charge in [0, 0.05) is 0 Å². The van der Waals surface area contributed by atoms with E-state index in [0.717, 1.165) is 10.5 Å². The Labute approximate surface area is 109 Å². The van der Waals surface area contributed by atoms with Crippen molar-refractivity contribution in [1.82, 2.24) is 4.90 Å². The van der Waals surface area contributed by atoms with E-state index in [1.54, 1.807) is 24.3 Å². The number of benzene rings is 1. The minimum absolute atomic E-state index is 0.0584. The molecule has 2 rings (SSSR count). The van der Waals surface area contributed by atoms with E-state index < -0.39 is 32.9 Å². The van der Waals surface area contributed by atoms with E-state index >= 15 is 0 Å². The molecule has 1 fully saturated rings. The summed E-state index contributed by atoms with van der Waals surface area (Å²) in [6.07, 6.45) is -0.778. The van der Waals surface area contributed by atoms with Gasteiger partial charge in [-0.05, 0) is 5.56 Å². The van der Waals surface area contributed by atoms with E-state index in [2.05, 4.69) is 4.52 Å². The van der Waals surface area contributed by atoms with E-state index in [1.165, 1.54) is 0 Å². The van der Waals surface area contributed by atoms with Crippen molar-refractivity contribution in [2.45, 2.75) is 6.04 Å². The van der Waals surface area contributed by atoms with Crippen LogP contribution in [0.5, 0.6) is 0 Å². The predicted octanol–water partition coefficient (Wildman–Crippen LogP) is 1.11. The lowest BCUT2D eigenvalue weighted by molar-refractivity contribution is -0.131. The first-order valence-electron chi connectivity index (χ1n) is 5.49. The summed E-state index contributed by atoms with van der Waals surface area (Å²) in [4.78, 5) is 32.8. The Hall–Kier alpha value is -1.69. The number of hydrogen-bond acceptors (Lipinski definition) is 5. The summed E-state index contributed by atoms with van der Waals surface area (Å²) >= 11 is 0. The van der Waals surface area contributed by atoms with E-state index in [1.807, 2.05) is 6.07 Å². The zero-order valence-corrected chi connectivity index (χ0v) is 10.8. The normalized spacial score (nSPS) is 20.2. The highest BCUT2D eigenvalue weighted by atomic mass is 31.1. The van der Waals surface area contributed by atoms with Crippen LogP contribution in [0.1, 0.15) is 11.6 Å². The van der Waals surface area contributed by atoms with Gasteiger partial charge in [-0.25, -0.2) is 9.69 Å². The maximum Gasteiger partial charge on any atom is 0.417 e. The third-order valence-corrected chi connectivity index (χ3v) is 3.04. The molecule has 1 aromatic rings. The molecule has 0 aromatic heterocycles. The first-order chi connectivity index (χ1) is 9.09. The fourth-order valence-corrected chi connectivity index (χ4v) is 2.06. The summed E-state index contributed by atoms with van der Waals surface area (Å²) in [7, 11) is -3.21. The number of ether oxygens (including phenoxy) is 1. The lowest BCUT2D eigenvalue weighted by atomic mass is 10.1. The molecule has 1 saturated heterocycles. The minimum Gasteiger partial charge on any atom is -0.446 e. The highest BCUT2D eigenvalue weighted by Crippen LogP contribution is 2.28. The van der Waals surface area contributed by atoms with Gasteiger partial charge >= 0.3 is 14.3 Å². The van der Waals surface area contributed by atoms with Crippen molar-refractivity contribution in [3.8, 4) is 0 Å². The standard InChI is InChI=1S/C11H12NO6P/c13-10(7-18-19(15)16)12-9(6-17-11(12)14)8-4-2-1-3-5-8/h1-5,9,19H,6-7H2,(H,15,16)/t9-/m0/s1. The molecule has 1 aliphatic rings. The Balaban J connectivity index is 2.14. The molecule has 8 heteroatoms. The molecule has 0 bridgehead atoms. The van der Waals surface area contributed by atoms with Crippen LogP contribution >= 0.6 is 8.25 Å². The van der Waals surface area contributed by atoms with Gasteiger partial charge in [0.1, 0.15) is 19.3 Å². The quantitative estimate of drug-likeness (QED) is 0.833. The van der Waals surface area contributed by atoms with E-state index in [4.69, 9.17) is 9.63 Å². The molecule has 0 saturated carbocycles.